The fraction of sp³-hybridized carbons (Fsp3) is 0.929. The predicted molar refractivity (Wildman–Crippen MR) is 68.9 cm³/mol. The number of rotatable bonds is 6. The van der Waals surface area contributed by atoms with Gasteiger partial charge in [-0.05, 0) is 32.6 Å². The number of nitrogens with one attached hydrogen (secondary N) is 1. The molecule has 2 saturated carbocycles. The van der Waals surface area contributed by atoms with E-state index in [0.717, 1.165) is 19.3 Å². The lowest BCUT2D eigenvalue weighted by Gasteiger charge is -2.31. The molecule has 0 aromatic heterocycles. The van der Waals surface area contributed by atoms with Crippen molar-refractivity contribution in [3.8, 4) is 0 Å². The molecular formula is C14H23NO4. The Hall–Kier alpha value is -0.650. The molecule has 5 heteroatoms. The van der Waals surface area contributed by atoms with Crippen molar-refractivity contribution in [3.63, 3.8) is 0 Å². The van der Waals surface area contributed by atoms with Crippen molar-refractivity contribution in [2.45, 2.75) is 62.8 Å². The van der Waals surface area contributed by atoms with E-state index in [1.165, 1.54) is 12.8 Å². The van der Waals surface area contributed by atoms with Crippen LogP contribution >= 0.6 is 0 Å². The molecule has 19 heavy (non-hydrogen) atoms. The highest BCUT2D eigenvalue weighted by molar-refractivity contribution is 5.81. The minimum atomic E-state index is -0.507. The van der Waals surface area contributed by atoms with Crippen LogP contribution in [0.4, 0.5) is 0 Å². The zero-order valence-corrected chi connectivity index (χ0v) is 11.5. The van der Waals surface area contributed by atoms with Crippen molar-refractivity contribution in [1.82, 2.24) is 5.32 Å². The fourth-order valence-electron chi connectivity index (χ4n) is 2.94. The third-order valence-electron chi connectivity index (χ3n) is 4.19. The summed E-state index contributed by atoms with van der Waals surface area (Å²) in [5.41, 5.74) is -0.507. The number of esters is 1. The van der Waals surface area contributed by atoms with Gasteiger partial charge in [0.15, 0.2) is 0 Å². The number of carbonyl (C=O) groups excluding carboxylic acids is 1. The van der Waals surface area contributed by atoms with Gasteiger partial charge in [0.2, 0.25) is 0 Å². The average molecular weight is 269 g/mol. The molecule has 0 aromatic carbocycles. The van der Waals surface area contributed by atoms with Crippen LogP contribution < -0.4 is 5.32 Å². The summed E-state index contributed by atoms with van der Waals surface area (Å²) >= 11 is 0. The zero-order chi connectivity index (χ0) is 13.3. The minimum Gasteiger partial charge on any atom is -0.465 e. The number of hydrogen-bond acceptors (Lipinski definition) is 5. The summed E-state index contributed by atoms with van der Waals surface area (Å²) in [4.78, 5) is 12.3. The molecule has 0 spiro atoms. The van der Waals surface area contributed by atoms with Crippen LogP contribution in [0.2, 0.25) is 0 Å². The number of ether oxygens (including phenoxy) is 3. The van der Waals surface area contributed by atoms with Crippen LogP contribution in [0.15, 0.2) is 0 Å². The van der Waals surface area contributed by atoms with Gasteiger partial charge in [0, 0.05) is 12.5 Å². The molecule has 2 unspecified atom stereocenters. The van der Waals surface area contributed by atoms with Crippen molar-refractivity contribution >= 4 is 5.97 Å². The van der Waals surface area contributed by atoms with Gasteiger partial charge in [-0.3, -0.25) is 10.1 Å². The molecule has 2 aliphatic carbocycles. The summed E-state index contributed by atoms with van der Waals surface area (Å²) in [6.07, 6.45) is 5.20. The monoisotopic (exact) mass is 269 g/mol. The number of hydrogen-bond donors (Lipinski definition) is 1. The van der Waals surface area contributed by atoms with Crippen LogP contribution in [0, 0.1) is 0 Å². The van der Waals surface area contributed by atoms with Gasteiger partial charge >= 0.3 is 5.97 Å². The highest BCUT2D eigenvalue weighted by Crippen LogP contribution is 2.37. The summed E-state index contributed by atoms with van der Waals surface area (Å²) in [6, 6.07) is 0.496. The Morgan fingerprint density at radius 3 is 2.68 bits per heavy atom. The first-order chi connectivity index (χ1) is 9.22. The fourth-order valence-corrected chi connectivity index (χ4v) is 2.94. The topological polar surface area (TPSA) is 56.8 Å². The quantitative estimate of drug-likeness (QED) is 0.729. The Bertz CT molecular complexity index is 340. The van der Waals surface area contributed by atoms with Gasteiger partial charge in [-0.25, -0.2) is 0 Å². The Labute approximate surface area is 114 Å². The smallest absolute Gasteiger partial charge is 0.326 e. The lowest BCUT2D eigenvalue weighted by atomic mass is 9.97. The summed E-state index contributed by atoms with van der Waals surface area (Å²) in [6.45, 7) is 3.68. The van der Waals surface area contributed by atoms with Gasteiger partial charge in [0.05, 0.1) is 25.9 Å². The van der Waals surface area contributed by atoms with Gasteiger partial charge < -0.3 is 14.2 Å². The van der Waals surface area contributed by atoms with Gasteiger partial charge in [0.25, 0.3) is 0 Å². The molecule has 3 fully saturated rings. The predicted octanol–water partition coefficient (Wildman–Crippen LogP) is 1.01. The van der Waals surface area contributed by atoms with Crippen LogP contribution in [0.5, 0.6) is 0 Å². The van der Waals surface area contributed by atoms with Gasteiger partial charge in [-0.1, -0.05) is 0 Å². The van der Waals surface area contributed by atoms with E-state index in [9.17, 15) is 4.79 Å². The van der Waals surface area contributed by atoms with Crippen molar-refractivity contribution in [3.05, 3.63) is 0 Å². The van der Waals surface area contributed by atoms with E-state index >= 15 is 0 Å². The summed E-state index contributed by atoms with van der Waals surface area (Å²) in [5, 5.41) is 3.50. The van der Waals surface area contributed by atoms with Crippen molar-refractivity contribution in [1.29, 1.82) is 0 Å². The highest BCUT2D eigenvalue weighted by atomic mass is 16.6. The molecule has 0 radical (unpaired) electrons. The third-order valence-corrected chi connectivity index (χ3v) is 4.19. The Morgan fingerprint density at radius 2 is 2.11 bits per heavy atom. The lowest BCUT2D eigenvalue weighted by molar-refractivity contribution is -0.159. The van der Waals surface area contributed by atoms with Crippen LogP contribution in [-0.4, -0.2) is 49.6 Å². The second kappa shape index (κ2) is 5.38. The Morgan fingerprint density at radius 1 is 1.32 bits per heavy atom. The molecule has 5 nitrogen and oxygen atoms in total. The maximum atomic E-state index is 12.3. The molecule has 2 atom stereocenters. The molecule has 3 aliphatic rings. The van der Waals surface area contributed by atoms with E-state index in [2.05, 4.69) is 5.32 Å². The molecule has 0 aromatic rings. The largest absolute Gasteiger partial charge is 0.465 e. The Kier molecular flexibility index (Phi) is 3.78. The number of carbonyl (C=O) groups is 1. The molecule has 1 saturated heterocycles. The summed E-state index contributed by atoms with van der Waals surface area (Å²) < 4.78 is 16.4. The maximum Gasteiger partial charge on any atom is 0.326 e. The Balaban J connectivity index is 1.60. The van der Waals surface area contributed by atoms with Gasteiger partial charge in [-0.15, -0.1) is 0 Å². The van der Waals surface area contributed by atoms with E-state index in [1.54, 1.807) is 0 Å². The van der Waals surface area contributed by atoms with Crippen LogP contribution in [0.3, 0.4) is 0 Å². The molecular weight excluding hydrogens is 246 g/mol. The minimum absolute atomic E-state index is 0.0992. The molecule has 1 N–H and O–H groups in total. The third kappa shape index (κ3) is 2.93. The van der Waals surface area contributed by atoms with Crippen molar-refractivity contribution in [2.75, 3.05) is 19.8 Å². The molecule has 108 valence electrons. The first-order valence-corrected chi connectivity index (χ1v) is 7.40. The molecule has 1 aliphatic heterocycles. The zero-order valence-electron chi connectivity index (χ0n) is 11.5. The molecule has 3 rings (SSSR count). The van der Waals surface area contributed by atoms with Crippen molar-refractivity contribution in [2.24, 2.45) is 0 Å². The van der Waals surface area contributed by atoms with E-state index in [0.29, 0.717) is 25.9 Å². The normalized spacial score (nSPS) is 35.1. The van der Waals surface area contributed by atoms with Crippen LogP contribution in [0.1, 0.15) is 39.0 Å². The van der Waals surface area contributed by atoms with Gasteiger partial charge in [0.1, 0.15) is 11.6 Å². The highest BCUT2D eigenvalue weighted by Gasteiger charge is 2.50. The first-order valence-electron chi connectivity index (χ1n) is 7.40. The van der Waals surface area contributed by atoms with Crippen LogP contribution in [-0.2, 0) is 19.0 Å². The van der Waals surface area contributed by atoms with Crippen LogP contribution in [0.25, 0.3) is 0 Å². The summed E-state index contributed by atoms with van der Waals surface area (Å²) in [7, 11) is 0. The first kappa shape index (κ1) is 13.3. The lowest BCUT2D eigenvalue weighted by Crippen LogP contribution is -2.52. The SMILES string of the molecule is CCOC(=O)C1(NC2CC2)CCC(OC2COC2)C1. The second-order valence-electron chi connectivity index (χ2n) is 5.88. The van der Waals surface area contributed by atoms with Crippen molar-refractivity contribution < 1.29 is 19.0 Å². The summed E-state index contributed by atoms with van der Waals surface area (Å²) in [5.74, 6) is -0.0992. The standard InChI is InChI=1S/C14H23NO4/c1-2-18-13(16)14(15-10-3-4-10)6-5-11(7-14)19-12-8-17-9-12/h10-12,15H,2-9H2,1H3. The molecule has 1 heterocycles. The maximum absolute atomic E-state index is 12.3. The van der Waals surface area contributed by atoms with E-state index < -0.39 is 5.54 Å². The van der Waals surface area contributed by atoms with E-state index in [1.807, 2.05) is 6.92 Å². The van der Waals surface area contributed by atoms with Gasteiger partial charge in [-0.2, -0.15) is 0 Å². The molecule has 0 bridgehead atoms. The van der Waals surface area contributed by atoms with E-state index in [-0.39, 0.29) is 18.2 Å². The molecule has 0 amide bonds. The average Bonchev–Trinajstić information content (AvgIpc) is 3.04. The van der Waals surface area contributed by atoms with E-state index in [4.69, 9.17) is 14.2 Å². The second-order valence-corrected chi connectivity index (χ2v) is 5.88.